The van der Waals surface area contributed by atoms with Gasteiger partial charge in [0.15, 0.2) is 5.79 Å². The number of allylic oxidation sites excluding steroid dienone is 2. The molecule has 2 amide bonds. The van der Waals surface area contributed by atoms with Gasteiger partial charge in [0.1, 0.15) is 5.54 Å². The van der Waals surface area contributed by atoms with Crippen molar-refractivity contribution in [3.8, 4) is 0 Å². The maximum Gasteiger partial charge on any atom is 0.250 e. The van der Waals surface area contributed by atoms with Crippen LogP contribution in [0.2, 0.25) is 0 Å². The van der Waals surface area contributed by atoms with E-state index in [2.05, 4.69) is 22.4 Å². The Morgan fingerprint density at radius 2 is 1.85 bits per heavy atom. The van der Waals surface area contributed by atoms with Crippen molar-refractivity contribution in [1.29, 1.82) is 0 Å². The summed E-state index contributed by atoms with van der Waals surface area (Å²) in [6.45, 7) is 3.10. The summed E-state index contributed by atoms with van der Waals surface area (Å²) in [5.74, 6) is -0.798. The van der Waals surface area contributed by atoms with E-state index in [0.717, 1.165) is 47.8 Å². The van der Waals surface area contributed by atoms with Gasteiger partial charge in [-0.1, -0.05) is 24.3 Å². The zero-order valence-corrected chi connectivity index (χ0v) is 19.3. The molecule has 3 aliphatic rings. The molecule has 0 bridgehead atoms. The Hall–Kier alpha value is -2.64. The van der Waals surface area contributed by atoms with Gasteiger partial charge in [0.25, 0.3) is 0 Å². The summed E-state index contributed by atoms with van der Waals surface area (Å²) in [6.07, 6.45) is 10.4. The van der Waals surface area contributed by atoms with Gasteiger partial charge in [0.05, 0.1) is 13.2 Å². The van der Waals surface area contributed by atoms with E-state index < -0.39 is 11.3 Å². The molecule has 0 atom stereocenters. The van der Waals surface area contributed by atoms with Crippen LogP contribution in [0.25, 0.3) is 10.9 Å². The summed E-state index contributed by atoms with van der Waals surface area (Å²) in [5, 5.41) is 4.27. The molecule has 7 nitrogen and oxygen atoms in total. The Labute approximate surface area is 194 Å². The third-order valence-electron chi connectivity index (χ3n) is 7.54. The van der Waals surface area contributed by atoms with Crippen LogP contribution in [-0.4, -0.2) is 46.2 Å². The highest BCUT2D eigenvalue weighted by molar-refractivity contribution is 5.92. The van der Waals surface area contributed by atoms with E-state index in [4.69, 9.17) is 9.47 Å². The fourth-order valence-electron chi connectivity index (χ4n) is 5.66. The van der Waals surface area contributed by atoms with Crippen LogP contribution in [0.15, 0.2) is 42.2 Å². The van der Waals surface area contributed by atoms with Crippen molar-refractivity contribution in [1.82, 2.24) is 15.2 Å². The van der Waals surface area contributed by atoms with E-state index in [9.17, 15) is 9.59 Å². The normalized spacial score (nSPS) is 21.7. The number of rotatable bonds is 5. The zero-order valence-electron chi connectivity index (χ0n) is 19.3. The molecule has 1 saturated heterocycles. The lowest BCUT2D eigenvalue weighted by atomic mass is 9.76. The lowest BCUT2D eigenvalue weighted by Crippen LogP contribution is -2.63. The highest BCUT2D eigenvalue weighted by Gasteiger charge is 2.53. The molecule has 2 heterocycles. The highest BCUT2D eigenvalue weighted by atomic mass is 16.7. The Bertz CT molecular complexity index is 1060. The largest absolute Gasteiger partial charge is 0.361 e. The first-order valence-corrected chi connectivity index (χ1v) is 12.1. The maximum atomic E-state index is 13.9. The van der Waals surface area contributed by atoms with Gasteiger partial charge in [-0.25, -0.2) is 0 Å². The number of benzene rings is 1. The number of hydrogen-bond acceptors (Lipinski definition) is 4. The second-order valence-corrected chi connectivity index (χ2v) is 9.53. The number of nitrogens with zero attached hydrogens (tertiary/aromatic N) is 1. The molecule has 2 aromatic rings. The first-order valence-electron chi connectivity index (χ1n) is 12.1. The maximum absolute atomic E-state index is 13.9. The average molecular weight is 452 g/mol. The smallest absolute Gasteiger partial charge is 0.250 e. The number of ether oxygens (including phenoxy) is 2. The predicted molar refractivity (Wildman–Crippen MR) is 125 cm³/mol. The highest BCUT2D eigenvalue weighted by Crippen LogP contribution is 2.44. The molecular weight excluding hydrogens is 418 g/mol. The van der Waals surface area contributed by atoms with Crippen LogP contribution in [0.1, 0.15) is 63.9 Å². The second-order valence-electron chi connectivity index (χ2n) is 9.53. The van der Waals surface area contributed by atoms with Crippen molar-refractivity contribution >= 4 is 22.7 Å². The molecule has 1 aliphatic heterocycles. The third-order valence-corrected chi connectivity index (χ3v) is 7.54. The molecule has 1 spiro atoms. The molecule has 7 heteroatoms. The Morgan fingerprint density at radius 1 is 1.09 bits per heavy atom. The standard InChI is InChI=1S/C26H33N3O4/c1-19(30)29(18-20-17-27-23-10-6-5-9-22(20)23)25(24(31)28-21-7-3-2-4-8-21)11-13-26(14-12-25)32-15-16-33-26/h5-7,9-10,17,27H,2-4,8,11-16,18H2,1H3,(H,28,31). The van der Waals surface area contributed by atoms with Crippen molar-refractivity contribution in [3.63, 3.8) is 0 Å². The minimum absolute atomic E-state index is 0.0847. The fourth-order valence-corrected chi connectivity index (χ4v) is 5.66. The summed E-state index contributed by atoms with van der Waals surface area (Å²) >= 11 is 0. The number of H-pyrrole nitrogens is 1. The van der Waals surface area contributed by atoms with E-state index in [-0.39, 0.29) is 11.8 Å². The lowest BCUT2D eigenvalue weighted by Gasteiger charge is -2.48. The van der Waals surface area contributed by atoms with Gasteiger partial charge in [0.2, 0.25) is 11.8 Å². The number of aromatic nitrogens is 1. The summed E-state index contributed by atoms with van der Waals surface area (Å²) in [5.41, 5.74) is 2.08. The number of carbonyl (C=O) groups excluding carboxylic acids is 2. The zero-order chi connectivity index (χ0) is 22.9. The molecule has 5 rings (SSSR count). The average Bonchev–Trinajstić information content (AvgIpc) is 3.46. The molecule has 1 aromatic carbocycles. The van der Waals surface area contributed by atoms with E-state index in [1.165, 1.54) is 0 Å². The molecule has 2 fully saturated rings. The van der Waals surface area contributed by atoms with E-state index in [1.54, 1.807) is 11.8 Å². The first-order chi connectivity index (χ1) is 16.0. The predicted octanol–water partition coefficient (Wildman–Crippen LogP) is 4.15. The molecule has 1 saturated carbocycles. The number of aromatic amines is 1. The fraction of sp³-hybridized carbons (Fsp3) is 0.538. The monoisotopic (exact) mass is 451 g/mol. The van der Waals surface area contributed by atoms with E-state index in [1.807, 2.05) is 24.4 Å². The molecular formula is C26H33N3O4. The van der Waals surface area contributed by atoms with Crippen LogP contribution >= 0.6 is 0 Å². The summed E-state index contributed by atoms with van der Waals surface area (Å²) in [7, 11) is 0. The second kappa shape index (κ2) is 8.95. The number of amides is 2. The number of fused-ring (bicyclic) bond motifs is 1. The van der Waals surface area contributed by atoms with Crippen LogP contribution in [0.3, 0.4) is 0 Å². The summed E-state index contributed by atoms with van der Waals surface area (Å²) in [6, 6.07) is 8.05. The molecule has 2 N–H and O–H groups in total. The lowest BCUT2D eigenvalue weighted by molar-refractivity contribution is -0.197. The van der Waals surface area contributed by atoms with Crippen LogP contribution in [0, 0.1) is 0 Å². The Kier molecular flexibility index (Phi) is 6.01. The molecule has 2 aliphatic carbocycles. The van der Waals surface area contributed by atoms with Crippen molar-refractivity contribution in [2.45, 2.75) is 76.2 Å². The molecule has 1 aromatic heterocycles. The Balaban J connectivity index is 1.47. The van der Waals surface area contributed by atoms with E-state index in [0.29, 0.717) is 45.4 Å². The summed E-state index contributed by atoms with van der Waals surface area (Å²) in [4.78, 5) is 32.0. The molecule has 176 valence electrons. The Morgan fingerprint density at radius 3 is 2.55 bits per heavy atom. The molecule has 33 heavy (non-hydrogen) atoms. The van der Waals surface area contributed by atoms with Gasteiger partial charge in [0, 0.05) is 49.1 Å². The van der Waals surface area contributed by atoms with Crippen LogP contribution in [0.5, 0.6) is 0 Å². The van der Waals surface area contributed by atoms with Crippen molar-refractivity contribution in [3.05, 3.63) is 47.8 Å². The van der Waals surface area contributed by atoms with E-state index >= 15 is 0 Å². The molecule has 0 unspecified atom stereocenters. The van der Waals surface area contributed by atoms with Crippen molar-refractivity contribution in [2.75, 3.05) is 13.2 Å². The van der Waals surface area contributed by atoms with Crippen molar-refractivity contribution < 1.29 is 19.1 Å². The quantitative estimate of drug-likeness (QED) is 0.716. The van der Waals surface area contributed by atoms with Gasteiger partial charge in [-0.3, -0.25) is 9.59 Å². The van der Waals surface area contributed by atoms with Gasteiger partial charge >= 0.3 is 0 Å². The third kappa shape index (κ3) is 4.20. The number of nitrogens with one attached hydrogen (secondary N) is 2. The first kappa shape index (κ1) is 22.2. The number of hydrogen-bond donors (Lipinski definition) is 2. The van der Waals surface area contributed by atoms with Crippen LogP contribution in [0.4, 0.5) is 0 Å². The van der Waals surface area contributed by atoms with Gasteiger partial charge in [-0.05, 0) is 50.2 Å². The number of para-hydroxylation sites is 1. The van der Waals surface area contributed by atoms with Gasteiger partial charge in [-0.15, -0.1) is 0 Å². The number of carbonyl (C=O) groups is 2. The van der Waals surface area contributed by atoms with Crippen LogP contribution in [-0.2, 0) is 25.6 Å². The van der Waals surface area contributed by atoms with Crippen molar-refractivity contribution in [2.24, 2.45) is 0 Å². The van der Waals surface area contributed by atoms with Gasteiger partial charge < -0.3 is 24.7 Å². The minimum atomic E-state index is -0.941. The topological polar surface area (TPSA) is 83.7 Å². The SMILES string of the molecule is CC(=O)N(Cc1c[nH]c2ccccc12)C1(C(=O)NC2=CCCCC2)CCC2(CC1)OCCO2. The summed E-state index contributed by atoms with van der Waals surface area (Å²) < 4.78 is 11.9. The van der Waals surface area contributed by atoms with Gasteiger partial charge in [-0.2, -0.15) is 0 Å². The van der Waals surface area contributed by atoms with Crippen LogP contribution < -0.4 is 5.32 Å². The minimum Gasteiger partial charge on any atom is -0.361 e. The molecule has 0 radical (unpaired) electrons.